The molecule has 1 aromatic carbocycles. The summed E-state index contributed by atoms with van der Waals surface area (Å²) in [5.41, 5.74) is 1.32. The maximum Gasteiger partial charge on any atom is 0.120 e. The zero-order valence-electron chi connectivity index (χ0n) is 14.0. The van der Waals surface area contributed by atoms with E-state index in [-0.39, 0.29) is 11.0 Å². The monoisotopic (exact) mass is 277 g/mol. The van der Waals surface area contributed by atoms with Crippen LogP contribution in [0.1, 0.15) is 59.9 Å². The van der Waals surface area contributed by atoms with Crippen molar-refractivity contribution in [3.05, 3.63) is 29.8 Å². The van der Waals surface area contributed by atoms with Crippen molar-refractivity contribution in [2.75, 3.05) is 13.1 Å². The second-order valence-electron chi connectivity index (χ2n) is 6.86. The van der Waals surface area contributed by atoms with Gasteiger partial charge in [0.2, 0.25) is 0 Å². The minimum atomic E-state index is -0.147. The molecule has 0 fully saturated rings. The van der Waals surface area contributed by atoms with Gasteiger partial charge in [-0.05, 0) is 49.4 Å². The zero-order chi connectivity index (χ0) is 15.2. The van der Waals surface area contributed by atoms with Gasteiger partial charge in [-0.15, -0.1) is 0 Å². The summed E-state index contributed by atoms with van der Waals surface area (Å²) in [5.74, 6) is 0.972. The highest BCUT2D eigenvalue weighted by Gasteiger charge is 2.24. The van der Waals surface area contributed by atoms with Crippen LogP contribution in [-0.2, 0) is 5.41 Å². The number of nitrogens with one attached hydrogen (secondary N) is 1. The van der Waals surface area contributed by atoms with Crippen molar-refractivity contribution in [3.8, 4) is 5.75 Å². The van der Waals surface area contributed by atoms with Crippen LogP contribution in [0.5, 0.6) is 5.75 Å². The number of rotatable bonds is 7. The second-order valence-corrected chi connectivity index (χ2v) is 6.86. The smallest absolute Gasteiger partial charge is 0.120 e. The Hall–Kier alpha value is -1.02. The van der Waals surface area contributed by atoms with E-state index in [1.54, 1.807) is 0 Å². The van der Waals surface area contributed by atoms with Crippen LogP contribution < -0.4 is 10.1 Å². The third-order valence-electron chi connectivity index (χ3n) is 3.74. The number of hydrogen-bond donors (Lipinski definition) is 1. The molecule has 20 heavy (non-hydrogen) atoms. The molecule has 0 aliphatic rings. The van der Waals surface area contributed by atoms with Crippen molar-refractivity contribution < 1.29 is 4.74 Å². The lowest BCUT2D eigenvalue weighted by Crippen LogP contribution is -2.42. The van der Waals surface area contributed by atoms with E-state index in [1.165, 1.54) is 5.56 Å². The first kappa shape index (κ1) is 17.0. The number of benzene rings is 1. The van der Waals surface area contributed by atoms with E-state index in [1.807, 2.05) is 0 Å². The molecular formula is C18H31NO. The van der Waals surface area contributed by atoms with Crippen LogP contribution in [0.4, 0.5) is 0 Å². The summed E-state index contributed by atoms with van der Waals surface area (Å²) < 4.78 is 6.27. The van der Waals surface area contributed by atoms with Gasteiger partial charge in [-0.2, -0.15) is 0 Å². The van der Waals surface area contributed by atoms with Gasteiger partial charge in [-0.25, -0.2) is 0 Å². The molecular weight excluding hydrogens is 246 g/mol. The third-order valence-corrected chi connectivity index (χ3v) is 3.74. The van der Waals surface area contributed by atoms with Crippen molar-refractivity contribution >= 4 is 0 Å². The lowest BCUT2D eigenvalue weighted by molar-refractivity contribution is 0.0836. The number of hydrogen-bond acceptors (Lipinski definition) is 2. The Labute approximate surface area is 124 Å². The standard InChI is InChI=1S/C18H31NO/c1-7-12-19-14-18(6,8-2)20-16-11-9-10-15(13-16)17(3,4)5/h9-11,13,19H,7-8,12,14H2,1-6H3. The first-order chi connectivity index (χ1) is 9.30. The molecule has 1 rings (SSSR count). The maximum absolute atomic E-state index is 6.27. The second kappa shape index (κ2) is 7.12. The topological polar surface area (TPSA) is 21.3 Å². The molecule has 0 aromatic heterocycles. The number of ether oxygens (including phenoxy) is 1. The molecule has 2 heteroatoms. The fraction of sp³-hybridized carbons (Fsp3) is 0.667. The van der Waals surface area contributed by atoms with Gasteiger partial charge in [-0.3, -0.25) is 0 Å². The Morgan fingerprint density at radius 3 is 2.35 bits per heavy atom. The molecule has 1 atom stereocenters. The van der Waals surface area contributed by atoms with Crippen LogP contribution in [0, 0.1) is 0 Å². The van der Waals surface area contributed by atoms with Crippen molar-refractivity contribution in [1.82, 2.24) is 5.32 Å². The maximum atomic E-state index is 6.27. The van der Waals surface area contributed by atoms with Crippen LogP contribution in [0.2, 0.25) is 0 Å². The Kier molecular flexibility index (Phi) is 6.07. The van der Waals surface area contributed by atoms with Gasteiger partial charge in [0.15, 0.2) is 0 Å². The van der Waals surface area contributed by atoms with Gasteiger partial charge in [-0.1, -0.05) is 46.8 Å². The third kappa shape index (κ3) is 5.16. The molecule has 0 amide bonds. The fourth-order valence-corrected chi connectivity index (χ4v) is 2.07. The van der Waals surface area contributed by atoms with Crippen LogP contribution in [0.15, 0.2) is 24.3 Å². The van der Waals surface area contributed by atoms with Gasteiger partial charge < -0.3 is 10.1 Å². The van der Waals surface area contributed by atoms with Gasteiger partial charge in [0, 0.05) is 6.54 Å². The van der Waals surface area contributed by atoms with Crippen molar-refractivity contribution in [1.29, 1.82) is 0 Å². The SMILES string of the molecule is CCCNCC(C)(CC)Oc1cccc(C(C)(C)C)c1. The summed E-state index contributed by atoms with van der Waals surface area (Å²) in [4.78, 5) is 0. The van der Waals surface area contributed by atoms with Gasteiger partial charge in [0.1, 0.15) is 11.4 Å². The first-order valence-corrected chi connectivity index (χ1v) is 7.81. The molecule has 1 N–H and O–H groups in total. The normalized spacial score (nSPS) is 14.9. The largest absolute Gasteiger partial charge is 0.486 e. The van der Waals surface area contributed by atoms with Crippen LogP contribution >= 0.6 is 0 Å². The predicted octanol–water partition coefficient (Wildman–Crippen LogP) is 4.53. The molecule has 0 saturated carbocycles. The average molecular weight is 277 g/mol. The molecule has 1 aromatic rings. The molecule has 0 heterocycles. The van der Waals surface area contributed by atoms with E-state index in [0.29, 0.717) is 0 Å². The Balaban J connectivity index is 2.79. The van der Waals surface area contributed by atoms with E-state index < -0.39 is 0 Å². The predicted molar refractivity (Wildman–Crippen MR) is 87.6 cm³/mol. The van der Waals surface area contributed by atoms with Crippen molar-refractivity contribution in [3.63, 3.8) is 0 Å². The quantitative estimate of drug-likeness (QED) is 0.739. The minimum absolute atomic E-state index is 0.147. The molecule has 1 unspecified atom stereocenters. The molecule has 0 aliphatic carbocycles. The summed E-state index contributed by atoms with van der Waals surface area (Å²) in [6, 6.07) is 8.49. The first-order valence-electron chi connectivity index (χ1n) is 7.81. The van der Waals surface area contributed by atoms with Crippen LogP contribution in [-0.4, -0.2) is 18.7 Å². The van der Waals surface area contributed by atoms with Gasteiger partial charge in [0.05, 0.1) is 0 Å². The van der Waals surface area contributed by atoms with Crippen molar-refractivity contribution in [2.45, 2.75) is 65.4 Å². The molecule has 0 radical (unpaired) electrons. The van der Waals surface area contributed by atoms with Crippen molar-refractivity contribution in [2.24, 2.45) is 0 Å². The van der Waals surface area contributed by atoms with E-state index in [9.17, 15) is 0 Å². The Morgan fingerprint density at radius 1 is 1.10 bits per heavy atom. The van der Waals surface area contributed by atoms with E-state index in [4.69, 9.17) is 4.74 Å². The van der Waals surface area contributed by atoms with E-state index >= 15 is 0 Å². The summed E-state index contributed by atoms with van der Waals surface area (Å²) in [6.07, 6.45) is 2.14. The highest BCUT2D eigenvalue weighted by Crippen LogP contribution is 2.28. The average Bonchev–Trinajstić information content (AvgIpc) is 2.38. The lowest BCUT2D eigenvalue weighted by atomic mass is 9.87. The summed E-state index contributed by atoms with van der Waals surface area (Å²) in [5, 5.41) is 3.47. The molecule has 0 saturated heterocycles. The molecule has 114 valence electrons. The van der Waals surface area contributed by atoms with Crippen LogP contribution in [0.25, 0.3) is 0 Å². The lowest BCUT2D eigenvalue weighted by Gasteiger charge is -2.31. The fourth-order valence-electron chi connectivity index (χ4n) is 2.07. The summed E-state index contributed by atoms with van der Waals surface area (Å²) in [7, 11) is 0. The Morgan fingerprint density at radius 2 is 1.80 bits per heavy atom. The zero-order valence-corrected chi connectivity index (χ0v) is 14.0. The molecule has 2 nitrogen and oxygen atoms in total. The van der Waals surface area contributed by atoms with Gasteiger partial charge >= 0.3 is 0 Å². The highest BCUT2D eigenvalue weighted by atomic mass is 16.5. The van der Waals surface area contributed by atoms with E-state index in [2.05, 4.69) is 71.1 Å². The molecule has 0 bridgehead atoms. The highest BCUT2D eigenvalue weighted by molar-refractivity contribution is 5.33. The molecule has 0 spiro atoms. The molecule has 0 aliphatic heterocycles. The van der Waals surface area contributed by atoms with Gasteiger partial charge in [0.25, 0.3) is 0 Å². The Bertz CT molecular complexity index is 408. The minimum Gasteiger partial charge on any atom is -0.486 e. The van der Waals surface area contributed by atoms with Crippen LogP contribution in [0.3, 0.4) is 0 Å². The summed E-state index contributed by atoms with van der Waals surface area (Å²) in [6.45, 7) is 15.2. The van der Waals surface area contributed by atoms with E-state index in [0.717, 1.165) is 31.7 Å². The summed E-state index contributed by atoms with van der Waals surface area (Å²) >= 11 is 0.